The van der Waals surface area contributed by atoms with E-state index < -0.39 is 17.8 Å². The highest BCUT2D eigenvalue weighted by Gasteiger charge is 2.24. The Labute approximate surface area is 119 Å². The first kappa shape index (κ1) is 16.2. The molecule has 0 fully saturated rings. The molecule has 1 aliphatic rings. The molecule has 110 valence electrons. The van der Waals surface area contributed by atoms with E-state index in [0.717, 1.165) is 0 Å². The van der Waals surface area contributed by atoms with Gasteiger partial charge in [-0.1, -0.05) is 6.92 Å². The zero-order chi connectivity index (χ0) is 15.3. The number of hydrogen-bond acceptors (Lipinski definition) is 5. The van der Waals surface area contributed by atoms with Gasteiger partial charge in [-0.25, -0.2) is 9.79 Å². The van der Waals surface area contributed by atoms with Gasteiger partial charge in [-0.05, 0) is 33.3 Å². The monoisotopic (exact) mass is 279 g/mol. The van der Waals surface area contributed by atoms with Gasteiger partial charge in [0.2, 0.25) is 0 Å². The minimum absolute atomic E-state index is 0.0107. The highest BCUT2D eigenvalue weighted by Crippen LogP contribution is 2.18. The van der Waals surface area contributed by atoms with Gasteiger partial charge in [-0.3, -0.25) is 0 Å². The van der Waals surface area contributed by atoms with E-state index in [1.807, 2.05) is 13.0 Å². The van der Waals surface area contributed by atoms with Crippen LogP contribution in [0.5, 0.6) is 0 Å². The van der Waals surface area contributed by atoms with Gasteiger partial charge in [0, 0.05) is 5.92 Å². The zero-order valence-electron chi connectivity index (χ0n) is 12.3. The molecule has 0 radical (unpaired) electrons. The fraction of sp³-hybridized carbons (Fsp3) is 0.643. The smallest absolute Gasteiger partial charge is 0.407 e. The van der Waals surface area contributed by atoms with Gasteiger partial charge in [0.25, 0.3) is 0 Å². The van der Waals surface area contributed by atoms with Crippen molar-refractivity contribution in [3.63, 3.8) is 0 Å². The first-order chi connectivity index (χ1) is 9.23. The van der Waals surface area contributed by atoms with Crippen LogP contribution in [-0.2, 0) is 4.74 Å². The summed E-state index contributed by atoms with van der Waals surface area (Å²) in [4.78, 5) is 15.6. The van der Waals surface area contributed by atoms with Gasteiger partial charge in [-0.2, -0.15) is 5.26 Å². The maximum absolute atomic E-state index is 11.5. The lowest BCUT2D eigenvalue weighted by Crippen LogP contribution is -2.41. The van der Waals surface area contributed by atoms with Gasteiger partial charge >= 0.3 is 6.09 Å². The number of nitriles is 1. The third-order valence-electron chi connectivity index (χ3n) is 2.71. The van der Waals surface area contributed by atoms with Gasteiger partial charge < -0.3 is 15.2 Å². The van der Waals surface area contributed by atoms with Crippen LogP contribution in [0.15, 0.2) is 16.8 Å². The van der Waals surface area contributed by atoms with Crippen LogP contribution in [0, 0.1) is 17.2 Å². The molecule has 0 saturated carbocycles. The van der Waals surface area contributed by atoms with Gasteiger partial charge in [0.1, 0.15) is 23.5 Å². The topological polar surface area (TPSA) is 94.7 Å². The molecule has 1 aliphatic heterocycles. The van der Waals surface area contributed by atoms with Crippen molar-refractivity contribution in [1.29, 1.82) is 5.26 Å². The molecule has 6 nitrogen and oxygen atoms in total. The van der Waals surface area contributed by atoms with Crippen molar-refractivity contribution < 1.29 is 14.6 Å². The lowest BCUT2D eigenvalue weighted by molar-refractivity contribution is 0.0508. The fourth-order valence-electron chi connectivity index (χ4n) is 1.78. The molecule has 0 saturated heterocycles. The molecule has 1 rings (SSSR count). The predicted molar refractivity (Wildman–Crippen MR) is 75.2 cm³/mol. The average Bonchev–Trinajstić information content (AvgIpc) is 2.34. The predicted octanol–water partition coefficient (Wildman–Crippen LogP) is 1.76. The lowest BCUT2D eigenvalue weighted by atomic mass is 9.94. The van der Waals surface area contributed by atoms with E-state index in [1.165, 1.54) is 0 Å². The zero-order valence-corrected chi connectivity index (χ0v) is 12.3. The van der Waals surface area contributed by atoms with E-state index in [2.05, 4.69) is 10.3 Å². The average molecular weight is 279 g/mol. The molecule has 0 aromatic rings. The molecule has 0 spiro atoms. The minimum Gasteiger partial charge on any atom is -0.444 e. The summed E-state index contributed by atoms with van der Waals surface area (Å²) in [6, 6.07) is 1.96. The van der Waals surface area contributed by atoms with Gasteiger partial charge in [0.05, 0.1) is 12.3 Å². The van der Waals surface area contributed by atoms with Crippen LogP contribution < -0.4 is 5.32 Å². The number of amides is 1. The van der Waals surface area contributed by atoms with E-state index in [9.17, 15) is 9.90 Å². The number of rotatable bonds is 3. The molecule has 1 heterocycles. The quantitative estimate of drug-likeness (QED) is 0.823. The second-order valence-corrected chi connectivity index (χ2v) is 5.77. The van der Waals surface area contributed by atoms with Crippen molar-refractivity contribution in [2.24, 2.45) is 10.9 Å². The van der Waals surface area contributed by atoms with Crippen LogP contribution in [0.3, 0.4) is 0 Å². The number of allylic oxidation sites excluding steroid dienone is 2. The number of aliphatic hydroxyl groups excluding tert-OH is 1. The number of carbonyl (C=O) groups is 1. The Kier molecular flexibility index (Phi) is 5.28. The molecule has 6 heteroatoms. The molecule has 20 heavy (non-hydrogen) atoms. The summed E-state index contributed by atoms with van der Waals surface area (Å²) in [5.74, 6) is 0.0440. The summed E-state index contributed by atoms with van der Waals surface area (Å²) in [7, 11) is 0. The van der Waals surface area contributed by atoms with E-state index >= 15 is 0 Å². The van der Waals surface area contributed by atoms with Gasteiger partial charge in [0.15, 0.2) is 0 Å². The standard InChI is InChI=1S/C14H21N3O3/c1-9-5-6-10(7-15)17-12(9)11(18)8-16-13(19)20-14(2,3)4/h6,9,11,18H,5,8H2,1-4H3,(H,16,19). The Morgan fingerprint density at radius 3 is 2.90 bits per heavy atom. The van der Waals surface area contributed by atoms with Crippen LogP contribution in [0.1, 0.15) is 34.1 Å². The molecule has 2 N–H and O–H groups in total. The molecular weight excluding hydrogens is 258 g/mol. The van der Waals surface area contributed by atoms with E-state index in [4.69, 9.17) is 10.00 Å². The van der Waals surface area contributed by atoms with Crippen molar-refractivity contribution in [2.45, 2.75) is 45.8 Å². The Balaban J connectivity index is 2.57. The molecule has 0 aliphatic carbocycles. The number of hydrogen-bond donors (Lipinski definition) is 2. The first-order valence-corrected chi connectivity index (χ1v) is 6.56. The van der Waals surface area contributed by atoms with E-state index in [1.54, 1.807) is 26.8 Å². The summed E-state index contributed by atoms with van der Waals surface area (Å²) in [5, 5.41) is 21.4. The van der Waals surface area contributed by atoms with Crippen molar-refractivity contribution in [2.75, 3.05) is 6.54 Å². The molecule has 1 amide bonds. The number of nitrogens with one attached hydrogen (secondary N) is 1. The molecule has 0 aromatic heterocycles. The summed E-state index contributed by atoms with van der Waals surface area (Å²) < 4.78 is 5.08. The lowest BCUT2D eigenvalue weighted by Gasteiger charge is -2.23. The van der Waals surface area contributed by atoms with Crippen molar-refractivity contribution >= 4 is 11.8 Å². The summed E-state index contributed by atoms with van der Waals surface area (Å²) >= 11 is 0. The second kappa shape index (κ2) is 6.53. The van der Waals surface area contributed by atoms with Crippen LogP contribution >= 0.6 is 0 Å². The maximum atomic E-state index is 11.5. The van der Waals surface area contributed by atoms with Crippen LogP contribution in [-0.4, -0.2) is 35.2 Å². The minimum atomic E-state index is -0.922. The summed E-state index contributed by atoms with van der Waals surface area (Å²) in [6.45, 7) is 7.22. The second-order valence-electron chi connectivity index (χ2n) is 5.77. The van der Waals surface area contributed by atoms with Crippen LogP contribution in [0.2, 0.25) is 0 Å². The van der Waals surface area contributed by atoms with Crippen molar-refractivity contribution in [1.82, 2.24) is 5.32 Å². The highest BCUT2D eigenvalue weighted by molar-refractivity contribution is 5.93. The molecular formula is C14H21N3O3. The molecule has 2 unspecified atom stereocenters. The van der Waals surface area contributed by atoms with E-state index in [-0.39, 0.29) is 12.5 Å². The summed E-state index contributed by atoms with van der Waals surface area (Å²) in [5.41, 5.74) is 0.232. The largest absolute Gasteiger partial charge is 0.444 e. The van der Waals surface area contributed by atoms with Gasteiger partial charge in [-0.15, -0.1) is 0 Å². The Morgan fingerprint density at radius 1 is 1.70 bits per heavy atom. The third-order valence-corrected chi connectivity index (χ3v) is 2.71. The number of nitrogens with zero attached hydrogens (tertiary/aromatic N) is 2. The Hall–Kier alpha value is -1.87. The fourth-order valence-corrected chi connectivity index (χ4v) is 1.78. The Morgan fingerprint density at radius 2 is 2.35 bits per heavy atom. The van der Waals surface area contributed by atoms with Crippen LogP contribution in [0.4, 0.5) is 4.79 Å². The van der Waals surface area contributed by atoms with Crippen LogP contribution in [0.25, 0.3) is 0 Å². The highest BCUT2D eigenvalue weighted by atomic mass is 16.6. The van der Waals surface area contributed by atoms with Crippen molar-refractivity contribution in [3.8, 4) is 6.07 Å². The Bertz CT molecular complexity index is 469. The SMILES string of the molecule is CC1CC=C(C#N)N=C1C(O)CNC(=O)OC(C)(C)C. The van der Waals surface area contributed by atoms with E-state index in [0.29, 0.717) is 17.8 Å². The molecule has 0 aromatic carbocycles. The first-order valence-electron chi connectivity index (χ1n) is 6.56. The summed E-state index contributed by atoms with van der Waals surface area (Å²) in [6.07, 6.45) is 0.888. The number of carbonyl (C=O) groups excluding carboxylic acids is 1. The third kappa shape index (κ3) is 5.02. The molecule has 0 bridgehead atoms. The number of aliphatic imine (C=N–C) groups is 1. The maximum Gasteiger partial charge on any atom is 0.407 e. The number of alkyl carbamates (subject to hydrolysis) is 1. The van der Waals surface area contributed by atoms with Crippen molar-refractivity contribution in [3.05, 3.63) is 11.8 Å². The molecule has 2 atom stereocenters. The number of aliphatic hydroxyl groups is 1. The number of ether oxygens (including phenoxy) is 1. The normalized spacial score (nSPS) is 20.3.